The molecule has 0 aliphatic rings. The van der Waals surface area contributed by atoms with Crippen molar-refractivity contribution in [3.05, 3.63) is 58.4 Å². The van der Waals surface area contributed by atoms with Crippen molar-refractivity contribution in [2.75, 3.05) is 6.61 Å². The molecule has 0 aliphatic carbocycles. The molecule has 0 spiro atoms. The Kier molecular flexibility index (Phi) is 5.58. The molecular weight excluding hydrogens is 336 g/mol. The number of carbonyl (C=O) groups is 1. The van der Waals surface area contributed by atoms with Gasteiger partial charge in [-0.2, -0.15) is 10.2 Å². The number of para-hydroxylation sites is 1. The van der Waals surface area contributed by atoms with Crippen LogP contribution in [0.2, 0.25) is 0 Å². The molecule has 2 aromatic heterocycles. The average Bonchev–Trinajstić information content (AvgIpc) is 3.32. The van der Waals surface area contributed by atoms with Gasteiger partial charge in [-0.3, -0.25) is 9.89 Å². The summed E-state index contributed by atoms with van der Waals surface area (Å²) in [6.07, 6.45) is 2.53. The van der Waals surface area contributed by atoms with Gasteiger partial charge in [-0.25, -0.2) is 5.43 Å². The second-order valence-corrected chi connectivity index (χ2v) is 6.21. The summed E-state index contributed by atoms with van der Waals surface area (Å²) in [5.41, 5.74) is 4.32. The van der Waals surface area contributed by atoms with Gasteiger partial charge in [0, 0.05) is 10.4 Å². The molecule has 1 aromatic carbocycles. The number of hydrogen-bond acceptors (Lipinski definition) is 5. The van der Waals surface area contributed by atoms with E-state index < -0.39 is 0 Å². The highest BCUT2D eigenvalue weighted by molar-refractivity contribution is 7.11. The third-order valence-corrected chi connectivity index (χ3v) is 4.16. The van der Waals surface area contributed by atoms with Crippen molar-refractivity contribution >= 4 is 23.5 Å². The van der Waals surface area contributed by atoms with Gasteiger partial charge in [-0.05, 0) is 36.1 Å². The maximum Gasteiger partial charge on any atom is 0.289 e. The first-order valence-corrected chi connectivity index (χ1v) is 8.80. The van der Waals surface area contributed by atoms with E-state index in [4.69, 9.17) is 4.74 Å². The minimum Gasteiger partial charge on any atom is -0.493 e. The molecule has 0 unspecified atom stereocenters. The number of aromatic nitrogens is 2. The van der Waals surface area contributed by atoms with Crippen LogP contribution in [0.1, 0.15) is 28.7 Å². The Morgan fingerprint density at radius 2 is 2.24 bits per heavy atom. The smallest absolute Gasteiger partial charge is 0.289 e. The van der Waals surface area contributed by atoms with Crippen LogP contribution in [0.5, 0.6) is 5.75 Å². The molecule has 0 saturated heterocycles. The van der Waals surface area contributed by atoms with Crippen molar-refractivity contribution < 1.29 is 9.53 Å². The summed E-state index contributed by atoms with van der Waals surface area (Å²) in [4.78, 5) is 13.1. The zero-order chi connectivity index (χ0) is 17.5. The number of hydrogen-bond donors (Lipinski definition) is 2. The van der Waals surface area contributed by atoms with Gasteiger partial charge in [0.25, 0.3) is 5.91 Å². The van der Waals surface area contributed by atoms with Crippen LogP contribution in [0.4, 0.5) is 0 Å². The number of carbonyl (C=O) groups excluding carboxylic acids is 1. The summed E-state index contributed by atoms with van der Waals surface area (Å²) in [5, 5.41) is 12.9. The van der Waals surface area contributed by atoms with Crippen molar-refractivity contribution in [1.82, 2.24) is 15.6 Å². The third kappa shape index (κ3) is 4.33. The Balaban J connectivity index is 1.71. The Morgan fingerprint density at radius 3 is 3.04 bits per heavy atom. The number of nitrogens with one attached hydrogen (secondary N) is 2. The van der Waals surface area contributed by atoms with Crippen LogP contribution >= 0.6 is 11.3 Å². The van der Waals surface area contributed by atoms with E-state index in [0.29, 0.717) is 18.0 Å². The lowest BCUT2D eigenvalue weighted by atomic mass is 10.1. The number of thiophene rings is 1. The van der Waals surface area contributed by atoms with Crippen molar-refractivity contribution in [1.29, 1.82) is 0 Å². The third-order valence-electron chi connectivity index (χ3n) is 3.35. The van der Waals surface area contributed by atoms with Gasteiger partial charge in [0.1, 0.15) is 11.4 Å². The molecule has 0 radical (unpaired) electrons. The van der Waals surface area contributed by atoms with Gasteiger partial charge in [0.15, 0.2) is 0 Å². The maximum absolute atomic E-state index is 12.2. The molecule has 0 saturated carbocycles. The zero-order valence-electron chi connectivity index (χ0n) is 13.7. The van der Waals surface area contributed by atoms with Crippen LogP contribution in [0.25, 0.3) is 11.3 Å². The Bertz CT molecular complexity index is 856. The van der Waals surface area contributed by atoms with E-state index in [-0.39, 0.29) is 5.91 Å². The van der Waals surface area contributed by atoms with E-state index in [1.54, 1.807) is 23.6 Å². The predicted octanol–water partition coefficient (Wildman–Crippen LogP) is 3.69. The van der Waals surface area contributed by atoms with Gasteiger partial charge < -0.3 is 4.74 Å². The molecule has 0 bridgehead atoms. The second-order valence-electron chi connectivity index (χ2n) is 5.23. The topological polar surface area (TPSA) is 79.4 Å². The molecule has 0 fully saturated rings. The molecule has 0 aliphatic heterocycles. The standard InChI is InChI=1S/C18H18N4O2S/c1-2-9-24-17-8-4-3-7-14(17)15-11-16(21-20-15)18(23)22-19-12-13-6-5-10-25-13/h3-8,10-12H,2,9H2,1H3,(H,20,21)(H,22,23). The van der Waals surface area contributed by atoms with Crippen molar-refractivity contribution in [2.24, 2.45) is 5.10 Å². The quantitative estimate of drug-likeness (QED) is 0.502. The molecule has 2 heterocycles. The minimum absolute atomic E-state index is 0.337. The first kappa shape index (κ1) is 16.9. The lowest BCUT2D eigenvalue weighted by Gasteiger charge is -2.08. The first-order valence-electron chi connectivity index (χ1n) is 7.92. The lowest BCUT2D eigenvalue weighted by Crippen LogP contribution is -2.17. The molecular formula is C18H18N4O2S. The van der Waals surface area contributed by atoms with E-state index in [0.717, 1.165) is 22.6 Å². The van der Waals surface area contributed by atoms with Crippen LogP contribution in [-0.4, -0.2) is 28.9 Å². The van der Waals surface area contributed by atoms with Crippen LogP contribution in [0.3, 0.4) is 0 Å². The average molecular weight is 354 g/mol. The van der Waals surface area contributed by atoms with Crippen LogP contribution in [0, 0.1) is 0 Å². The Morgan fingerprint density at radius 1 is 1.36 bits per heavy atom. The summed E-state index contributed by atoms with van der Waals surface area (Å²) in [6.45, 7) is 2.68. The van der Waals surface area contributed by atoms with E-state index in [9.17, 15) is 4.79 Å². The summed E-state index contributed by atoms with van der Waals surface area (Å²) in [5.74, 6) is 0.400. The summed E-state index contributed by atoms with van der Waals surface area (Å²) in [6, 6.07) is 13.2. The van der Waals surface area contributed by atoms with Gasteiger partial charge in [-0.1, -0.05) is 25.1 Å². The molecule has 128 valence electrons. The summed E-state index contributed by atoms with van der Waals surface area (Å²) in [7, 11) is 0. The second kappa shape index (κ2) is 8.25. The largest absolute Gasteiger partial charge is 0.493 e. The molecule has 25 heavy (non-hydrogen) atoms. The number of rotatable bonds is 7. The van der Waals surface area contributed by atoms with Gasteiger partial charge in [0.05, 0.1) is 18.5 Å². The molecule has 6 nitrogen and oxygen atoms in total. The number of aromatic amines is 1. The fourth-order valence-corrected chi connectivity index (χ4v) is 2.76. The Labute approximate surface area is 149 Å². The fraction of sp³-hybridized carbons (Fsp3) is 0.167. The zero-order valence-corrected chi connectivity index (χ0v) is 14.5. The van der Waals surface area contributed by atoms with Gasteiger partial charge in [-0.15, -0.1) is 11.3 Å². The van der Waals surface area contributed by atoms with E-state index in [1.165, 1.54) is 0 Å². The normalized spacial score (nSPS) is 10.9. The minimum atomic E-state index is -0.349. The number of benzene rings is 1. The Hall–Kier alpha value is -2.93. The summed E-state index contributed by atoms with van der Waals surface area (Å²) >= 11 is 1.55. The molecule has 3 rings (SSSR count). The van der Waals surface area contributed by atoms with Crippen LogP contribution in [-0.2, 0) is 0 Å². The molecule has 3 aromatic rings. The van der Waals surface area contributed by atoms with E-state index >= 15 is 0 Å². The fourth-order valence-electron chi connectivity index (χ4n) is 2.17. The highest BCUT2D eigenvalue weighted by atomic mass is 32.1. The highest BCUT2D eigenvalue weighted by Crippen LogP contribution is 2.28. The van der Waals surface area contributed by atoms with Crippen LogP contribution in [0.15, 0.2) is 52.9 Å². The number of amides is 1. The monoisotopic (exact) mass is 354 g/mol. The first-order chi connectivity index (χ1) is 12.3. The molecule has 7 heteroatoms. The SMILES string of the molecule is CCCOc1ccccc1-c1cc(C(=O)NN=Cc2cccs2)[nH]n1. The van der Waals surface area contributed by atoms with Crippen LogP contribution < -0.4 is 10.2 Å². The van der Waals surface area contributed by atoms with Gasteiger partial charge >= 0.3 is 0 Å². The number of nitrogens with zero attached hydrogens (tertiary/aromatic N) is 2. The lowest BCUT2D eigenvalue weighted by molar-refractivity contribution is 0.0950. The summed E-state index contributed by atoms with van der Waals surface area (Å²) < 4.78 is 5.74. The number of hydrazone groups is 1. The van der Waals surface area contributed by atoms with Crippen molar-refractivity contribution in [3.8, 4) is 17.0 Å². The van der Waals surface area contributed by atoms with Crippen molar-refractivity contribution in [2.45, 2.75) is 13.3 Å². The van der Waals surface area contributed by atoms with E-state index in [1.807, 2.05) is 41.8 Å². The molecule has 1 amide bonds. The number of H-pyrrole nitrogens is 1. The maximum atomic E-state index is 12.2. The van der Waals surface area contributed by atoms with E-state index in [2.05, 4.69) is 27.6 Å². The number of ether oxygens (including phenoxy) is 1. The molecule has 0 atom stereocenters. The molecule has 2 N–H and O–H groups in total. The van der Waals surface area contributed by atoms with Crippen molar-refractivity contribution in [3.63, 3.8) is 0 Å². The predicted molar refractivity (Wildman–Crippen MR) is 99.2 cm³/mol. The highest BCUT2D eigenvalue weighted by Gasteiger charge is 2.13. The van der Waals surface area contributed by atoms with Gasteiger partial charge in [0.2, 0.25) is 0 Å².